The lowest BCUT2D eigenvalue weighted by atomic mass is 10.2. The molecule has 1 aromatic rings. The first kappa shape index (κ1) is 13.4. The topological polar surface area (TPSA) is 75.5 Å². The van der Waals surface area contributed by atoms with Gasteiger partial charge in [-0.25, -0.2) is 0 Å². The van der Waals surface area contributed by atoms with Crippen molar-refractivity contribution in [1.29, 1.82) is 0 Å². The van der Waals surface area contributed by atoms with Gasteiger partial charge in [0.05, 0.1) is 11.0 Å². The smallest absolute Gasteiger partial charge is 0.270 e. The van der Waals surface area contributed by atoms with E-state index < -0.39 is 4.92 Å². The molecule has 7 heteroatoms. The molecule has 0 aromatic heterocycles. The molecule has 2 fully saturated rings. The van der Waals surface area contributed by atoms with E-state index in [0.29, 0.717) is 23.5 Å². The molecule has 1 atom stereocenters. The highest BCUT2D eigenvalue weighted by Gasteiger charge is 2.39. The maximum Gasteiger partial charge on any atom is 0.270 e. The fraction of sp³-hybridized carbons (Fsp3) is 0.462. The maximum absolute atomic E-state index is 11.9. The number of amides is 1. The molecule has 1 aliphatic carbocycles. The first-order valence-electron chi connectivity index (χ1n) is 6.54. The third-order valence-electron chi connectivity index (χ3n) is 3.67. The number of likely N-dealkylation sites (tertiary alicyclic amines) is 1. The molecule has 0 bridgehead atoms. The van der Waals surface area contributed by atoms with Crippen LogP contribution in [0.3, 0.4) is 0 Å². The second-order valence-electron chi connectivity index (χ2n) is 5.24. The van der Waals surface area contributed by atoms with Gasteiger partial charge in [-0.3, -0.25) is 14.9 Å². The van der Waals surface area contributed by atoms with Gasteiger partial charge >= 0.3 is 0 Å². The molecule has 1 N–H and O–H groups in total. The highest BCUT2D eigenvalue weighted by molar-refractivity contribution is 9.10. The highest BCUT2D eigenvalue weighted by Crippen LogP contribution is 2.33. The average Bonchev–Trinajstić information content (AvgIpc) is 3.16. The molecule has 2 aliphatic rings. The zero-order valence-corrected chi connectivity index (χ0v) is 12.3. The number of rotatable bonds is 4. The minimum absolute atomic E-state index is 0.0459. The van der Waals surface area contributed by atoms with Crippen molar-refractivity contribution in [2.45, 2.75) is 31.3 Å². The molecule has 1 aromatic carbocycles. The summed E-state index contributed by atoms with van der Waals surface area (Å²) >= 11 is 3.33. The Bertz CT molecular complexity index is 574. The molecule has 0 radical (unpaired) electrons. The van der Waals surface area contributed by atoms with Crippen LogP contribution in [-0.2, 0) is 4.79 Å². The lowest BCUT2D eigenvalue weighted by Crippen LogP contribution is -2.29. The molecular weight excluding hydrogens is 326 g/mol. The number of benzene rings is 1. The number of carbonyl (C=O) groups is 1. The number of non-ortho nitro benzene ring substituents is 1. The summed E-state index contributed by atoms with van der Waals surface area (Å²) in [5.74, 6) is 0.197. The van der Waals surface area contributed by atoms with Crippen LogP contribution in [0.1, 0.15) is 19.3 Å². The highest BCUT2D eigenvalue weighted by atomic mass is 79.9. The lowest BCUT2D eigenvalue weighted by Gasteiger charge is -2.17. The first-order chi connectivity index (χ1) is 9.54. The van der Waals surface area contributed by atoms with E-state index in [4.69, 9.17) is 0 Å². The Morgan fingerprint density at radius 1 is 1.40 bits per heavy atom. The summed E-state index contributed by atoms with van der Waals surface area (Å²) in [5.41, 5.74) is 0.829. The molecular formula is C13H14BrN3O3. The molecule has 1 amide bonds. The number of nitro benzene ring substituents is 1. The maximum atomic E-state index is 11.9. The van der Waals surface area contributed by atoms with E-state index in [-0.39, 0.29) is 17.6 Å². The number of nitro groups is 1. The van der Waals surface area contributed by atoms with Crippen molar-refractivity contribution in [1.82, 2.24) is 4.90 Å². The molecule has 1 heterocycles. The van der Waals surface area contributed by atoms with Crippen LogP contribution in [0.2, 0.25) is 0 Å². The van der Waals surface area contributed by atoms with Gasteiger partial charge in [-0.05, 0) is 34.8 Å². The van der Waals surface area contributed by atoms with Crippen LogP contribution in [-0.4, -0.2) is 34.4 Å². The van der Waals surface area contributed by atoms with Crippen molar-refractivity contribution >= 4 is 33.2 Å². The number of nitrogens with zero attached hydrogens (tertiary/aromatic N) is 2. The standard InChI is InChI=1S/C13H14BrN3O3/c14-11-6-10(17(19)20)3-4-12(11)15-8-5-13(18)16(7-8)9-1-2-9/h3-4,6,8-9,15H,1-2,5,7H2. The second kappa shape index (κ2) is 5.05. The predicted molar refractivity (Wildman–Crippen MR) is 77.6 cm³/mol. The molecule has 1 aliphatic heterocycles. The second-order valence-corrected chi connectivity index (χ2v) is 6.10. The van der Waals surface area contributed by atoms with Crippen LogP contribution >= 0.6 is 15.9 Å². The number of hydrogen-bond acceptors (Lipinski definition) is 4. The number of anilines is 1. The summed E-state index contributed by atoms with van der Waals surface area (Å²) < 4.78 is 0.643. The molecule has 20 heavy (non-hydrogen) atoms. The third kappa shape index (κ3) is 2.63. The van der Waals surface area contributed by atoms with Crippen molar-refractivity contribution in [2.24, 2.45) is 0 Å². The van der Waals surface area contributed by atoms with Crippen molar-refractivity contribution in [3.63, 3.8) is 0 Å². The van der Waals surface area contributed by atoms with E-state index in [1.165, 1.54) is 12.1 Å². The summed E-state index contributed by atoms with van der Waals surface area (Å²) in [5, 5.41) is 14.0. The Hall–Kier alpha value is -1.63. The Balaban J connectivity index is 1.69. The van der Waals surface area contributed by atoms with Gasteiger partial charge in [0.1, 0.15) is 0 Å². The quantitative estimate of drug-likeness (QED) is 0.675. The van der Waals surface area contributed by atoms with Crippen LogP contribution in [0.25, 0.3) is 0 Å². The van der Waals surface area contributed by atoms with Crippen LogP contribution < -0.4 is 5.32 Å². The summed E-state index contributed by atoms with van der Waals surface area (Å²) in [6, 6.07) is 5.11. The van der Waals surface area contributed by atoms with Gasteiger partial charge in [0.25, 0.3) is 5.69 Å². The zero-order chi connectivity index (χ0) is 14.3. The number of halogens is 1. The fourth-order valence-corrected chi connectivity index (χ4v) is 3.00. The van der Waals surface area contributed by atoms with Crippen LogP contribution in [0.15, 0.2) is 22.7 Å². The lowest BCUT2D eigenvalue weighted by molar-refractivity contribution is -0.384. The Morgan fingerprint density at radius 2 is 2.15 bits per heavy atom. The fourth-order valence-electron chi connectivity index (χ4n) is 2.52. The van der Waals surface area contributed by atoms with Crippen LogP contribution in [0.5, 0.6) is 0 Å². The van der Waals surface area contributed by atoms with Crippen molar-refractivity contribution < 1.29 is 9.72 Å². The van der Waals surface area contributed by atoms with Gasteiger partial charge in [0.2, 0.25) is 5.91 Å². The van der Waals surface area contributed by atoms with Gasteiger partial charge < -0.3 is 10.2 Å². The Labute approximate surface area is 124 Å². The van der Waals surface area contributed by atoms with Gasteiger partial charge in [-0.2, -0.15) is 0 Å². The minimum atomic E-state index is -0.428. The number of nitrogens with one attached hydrogen (secondary N) is 1. The van der Waals surface area contributed by atoms with Crippen molar-refractivity contribution in [3.8, 4) is 0 Å². The molecule has 0 spiro atoms. The summed E-state index contributed by atoms with van der Waals surface area (Å²) in [7, 11) is 0. The molecule has 6 nitrogen and oxygen atoms in total. The largest absolute Gasteiger partial charge is 0.379 e. The number of hydrogen-bond donors (Lipinski definition) is 1. The van der Waals surface area contributed by atoms with E-state index in [2.05, 4.69) is 21.2 Å². The Morgan fingerprint density at radius 3 is 2.75 bits per heavy atom. The van der Waals surface area contributed by atoms with Gasteiger partial charge in [-0.1, -0.05) is 0 Å². The minimum Gasteiger partial charge on any atom is -0.379 e. The van der Waals surface area contributed by atoms with Gasteiger partial charge in [0.15, 0.2) is 0 Å². The summed E-state index contributed by atoms with van der Waals surface area (Å²) in [6.45, 7) is 0.715. The molecule has 3 rings (SSSR count). The zero-order valence-electron chi connectivity index (χ0n) is 10.7. The van der Waals surface area contributed by atoms with Gasteiger partial charge in [0, 0.05) is 41.3 Å². The van der Waals surface area contributed by atoms with Crippen molar-refractivity contribution in [2.75, 3.05) is 11.9 Å². The van der Waals surface area contributed by atoms with Crippen LogP contribution in [0.4, 0.5) is 11.4 Å². The van der Waals surface area contributed by atoms with E-state index in [1.54, 1.807) is 6.07 Å². The summed E-state index contributed by atoms with van der Waals surface area (Å²) in [6.07, 6.45) is 2.71. The van der Waals surface area contributed by atoms with Crippen LogP contribution in [0, 0.1) is 10.1 Å². The SMILES string of the molecule is O=C1CC(Nc2ccc([N+](=O)[O-])cc2Br)CN1C1CC1. The first-order valence-corrected chi connectivity index (χ1v) is 7.34. The molecule has 1 saturated carbocycles. The third-order valence-corrected chi connectivity index (χ3v) is 4.33. The molecule has 1 saturated heterocycles. The predicted octanol–water partition coefficient (Wildman–Crippen LogP) is 2.53. The van der Waals surface area contributed by atoms with E-state index >= 15 is 0 Å². The van der Waals surface area contributed by atoms with E-state index in [9.17, 15) is 14.9 Å². The average molecular weight is 340 g/mol. The normalized spacial score (nSPS) is 22.1. The van der Waals surface area contributed by atoms with E-state index in [1.807, 2.05) is 4.90 Å². The van der Waals surface area contributed by atoms with E-state index in [0.717, 1.165) is 18.5 Å². The molecule has 106 valence electrons. The summed E-state index contributed by atoms with van der Waals surface area (Å²) in [4.78, 5) is 24.1. The molecule has 1 unspecified atom stereocenters. The monoisotopic (exact) mass is 339 g/mol. The van der Waals surface area contributed by atoms with Gasteiger partial charge in [-0.15, -0.1) is 0 Å². The number of carbonyl (C=O) groups excluding carboxylic acids is 1. The Kier molecular flexibility index (Phi) is 3.37. The van der Waals surface area contributed by atoms with Crippen molar-refractivity contribution in [3.05, 3.63) is 32.8 Å².